The van der Waals surface area contributed by atoms with Gasteiger partial charge in [-0.3, -0.25) is 4.79 Å². The van der Waals surface area contributed by atoms with Crippen molar-refractivity contribution in [3.63, 3.8) is 0 Å². The van der Waals surface area contributed by atoms with Crippen molar-refractivity contribution in [2.75, 3.05) is 10.6 Å². The first-order valence-electron chi connectivity index (χ1n) is 9.12. The van der Waals surface area contributed by atoms with Gasteiger partial charge in [-0.2, -0.15) is 5.10 Å². The third-order valence-electron chi connectivity index (χ3n) is 4.13. The van der Waals surface area contributed by atoms with E-state index in [1.54, 1.807) is 41.4 Å². The molecule has 2 heterocycles. The molecule has 0 radical (unpaired) electrons. The molecule has 0 bridgehead atoms. The topological polar surface area (TPSA) is 84.7 Å². The Labute approximate surface area is 178 Å². The van der Waals surface area contributed by atoms with Gasteiger partial charge >= 0.3 is 0 Å². The van der Waals surface area contributed by atoms with E-state index < -0.39 is 0 Å². The number of carbonyl (C=O) groups is 1. The maximum Gasteiger partial charge on any atom is 0.248 e. The average Bonchev–Trinajstić information content (AvgIpc) is 3.30. The number of carbonyl (C=O) groups excluding carboxylic acids is 1. The number of hydrogen-bond acceptors (Lipinski definition) is 5. The largest absolute Gasteiger partial charge is 0.339 e. The maximum atomic E-state index is 12.1. The standard InChI is InChI=1S/C22H17ClN6O/c23-19-5-2-1-4-16(19)6-13-22(30)26-18-9-7-17(8-10-18)25-20-11-12-21(28-27-20)29-15-3-14-24-29/h1-15H,(H,25,27)(H,26,30)/b13-6+. The highest BCUT2D eigenvalue weighted by Crippen LogP contribution is 2.19. The number of anilines is 3. The number of nitrogens with zero attached hydrogens (tertiary/aromatic N) is 4. The molecule has 4 rings (SSSR count). The Morgan fingerprint density at radius 1 is 0.933 bits per heavy atom. The minimum absolute atomic E-state index is 0.240. The molecule has 0 spiro atoms. The first-order chi connectivity index (χ1) is 14.7. The number of amides is 1. The molecule has 0 aliphatic rings. The van der Waals surface area contributed by atoms with Crippen LogP contribution in [-0.4, -0.2) is 25.9 Å². The molecular formula is C22H17ClN6O. The number of aromatic nitrogens is 4. The van der Waals surface area contributed by atoms with E-state index in [-0.39, 0.29) is 5.91 Å². The van der Waals surface area contributed by atoms with Gasteiger partial charge in [0.2, 0.25) is 5.91 Å². The molecule has 0 aliphatic heterocycles. The highest BCUT2D eigenvalue weighted by molar-refractivity contribution is 6.32. The van der Waals surface area contributed by atoms with Crippen LogP contribution in [0.5, 0.6) is 0 Å². The summed E-state index contributed by atoms with van der Waals surface area (Å²) in [6.45, 7) is 0. The zero-order valence-corrected chi connectivity index (χ0v) is 16.5. The summed E-state index contributed by atoms with van der Waals surface area (Å²) in [6.07, 6.45) is 6.61. The zero-order valence-electron chi connectivity index (χ0n) is 15.7. The first-order valence-corrected chi connectivity index (χ1v) is 9.50. The summed E-state index contributed by atoms with van der Waals surface area (Å²) in [5, 5.41) is 19.0. The van der Waals surface area contributed by atoms with Gasteiger partial charge in [0.25, 0.3) is 0 Å². The van der Waals surface area contributed by atoms with Crippen LogP contribution in [0.1, 0.15) is 5.56 Å². The minimum Gasteiger partial charge on any atom is -0.339 e. The van der Waals surface area contributed by atoms with Gasteiger partial charge in [0.15, 0.2) is 11.6 Å². The molecule has 7 nitrogen and oxygen atoms in total. The fraction of sp³-hybridized carbons (Fsp3) is 0. The van der Waals surface area contributed by atoms with Crippen LogP contribution in [0.4, 0.5) is 17.2 Å². The molecule has 148 valence electrons. The molecule has 0 saturated carbocycles. The van der Waals surface area contributed by atoms with Gasteiger partial charge in [-0.05, 0) is 60.2 Å². The van der Waals surface area contributed by atoms with Gasteiger partial charge in [0.05, 0.1) is 0 Å². The lowest BCUT2D eigenvalue weighted by Crippen LogP contribution is -2.07. The molecule has 4 aromatic rings. The molecule has 0 aliphatic carbocycles. The molecule has 0 atom stereocenters. The van der Waals surface area contributed by atoms with Gasteiger partial charge in [-0.15, -0.1) is 10.2 Å². The molecule has 0 saturated heterocycles. The summed E-state index contributed by atoms with van der Waals surface area (Å²) < 4.78 is 1.63. The number of nitrogens with one attached hydrogen (secondary N) is 2. The van der Waals surface area contributed by atoms with E-state index in [0.717, 1.165) is 11.3 Å². The van der Waals surface area contributed by atoms with Crippen LogP contribution < -0.4 is 10.6 Å². The van der Waals surface area contributed by atoms with Crippen LogP contribution >= 0.6 is 11.6 Å². The van der Waals surface area contributed by atoms with E-state index in [1.807, 2.05) is 48.5 Å². The van der Waals surface area contributed by atoms with Gasteiger partial charge < -0.3 is 10.6 Å². The number of halogens is 1. The summed E-state index contributed by atoms with van der Waals surface area (Å²) in [4.78, 5) is 12.1. The zero-order chi connectivity index (χ0) is 20.8. The fourth-order valence-corrected chi connectivity index (χ4v) is 2.86. The van der Waals surface area contributed by atoms with E-state index in [4.69, 9.17) is 11.6 Å². The Bertz CT molecular complexity index is 1160. The van der Waals surface area contributed by atoms with Crippen LogP contribution in [0, 0.1) is 0 Å². The number of benzene rings is 2. The molecular weight excluding hydrogens is 400 g/mol. The number of rotatable bonds is 6. The summed E-state index contributed by atoms with van der Waals surface area (Å²) in [6, 6.07) is 20.1. The molecule has 1 amide bonds. The molecule has 2 aromatic heterocycles. The Hall–Kier alpha value is -3.97. The third-order valence-corrected chi connectivity index (χ3v) is 4.48. The molecule has 2 N–H and O–H groups in total. The van der Waals surface area contributed by atoms with Crippen molar-refractivity contribution < 1.29 is 4.79 Å². The van der Waals surface area contributed by atoms with Crippen molar-refractivity contribution in [2.24, 2.45) is 0 Å². The average molecular weight is 417 g/mol. The molecule has 2 aromatic carbocycles. The van der Waals surface area contributed by atoms with E-state index in [1.165, 1.54) is 6.08 Å². The lowest BCUT2D eigenvalue weighted by atomic mass is 10.2. The second kappa shape index (κ2) is 9.02. The summed E-state index contributed by atoms with van der Waals surface area (Å²) in [7, 11) is 0. The Balaban J connectivity index is 1.35. The lowest BCUT2D eigenvalue weighted by molar-refractivity contribution is -0.111. The van der Waals surface area contributed by atoms with Crippen LogP contribution in [0.2, 0.25) is 5.02 Å². The Kier molecular flexibility index (Phi) is 5.82. The second-order valence-electron chi connectivity index (χ2n) is 6.27. The van der Waals surface area contributed by atoms with E-state index in [0.29, 0.717) is 22.3 Å². The van der Waals surface area contributed by atoms with E-state index >= 15 is 0 Å². The Morgan fingerprint density at radius 2 is 1.73 bits per heavy atom. The van der Waals surface area contributed by atoms with Gasteiger partial charge in [-0.1, -0.05) is 29.8 Å². The van der Waals surface area contributed by atoms with Crippen molar-refractivity contribution in [1.82, 2.24) is 20.0 Å². The summed E-state index contributed by atoms with van der Waals surface area (Å²) in [5.41, 5.74) is 2.28. The SMILES string of the molecule is O=C(/C=C/c1ccccc1Cl)Nc1ccc(Nc2ccc(-n3cccn3)nn2)cc1. The summed E-state index contributed by atoms with van der Waals surface area (Å²) in [5.74, 6) is 0.995. The van der Waals surface area contributed by atoms with Gasteiger partial charge in [0.1, 0.15) is 0 Å². The van der Waals surface area contributed by atoms with Crippen molar-refractivity contribution in [2.45, 2.75) is 0 Å². The maximum absolute atomic E-state index is 12.1. The van der Waals surface area contributed by atoms with Crippen LogP contribution in [-0.2, 0) is 4.79 Å². The van der Waals surface area contributed by atoms with Crippen molar-refractivity contribution in [3.05, 3.63) is 95.8 Å². The predicted molar refractivity (Wildman–Crippen MR) is 118 cm³/mol. The van der Waals surface area contributed by atoms with Crippen molar-refractivity contribution in [1.29, 1.82) is 0 Å². The highest BCUT2D eigenvalue weighted by Gasteiger charge is 2.03. The highest BCUT2D eigenvalue weighted by atomic mass is 35.5. The smallest absolute Gasteiger partial charge is 0.248 e. The minimum atomic E-state index is -0.240. The third kappa shape index (κ3) is 4.89. The predicted octanol–water partition coefficient (Wildman–Crippen LogP) is 4.71. The van der Waals surface area contributed by atoms with Crippen LogP contribution in [0.15, 0.2) is 85.2 Å². The van der Waals surface area contributed by atoms with Gasteiger partial charge in [0, 0.05) is 34.9 Å². The van der Waals surface area contributed by atoms with E-state index in [9.17, 15) is 4.79 Å². The van der Waals surface area contributed by atoms with Crippen molar-refractivity contribution >= 4 is 40.8 Å². The fourth-order valence-electron chi connectivity index (χ4n) is 2.66. The molecule has 8 heteroatoms. The lowest BCUT2D eigenvalue weighted by Gasteiger charge is -2.07. The van der Waals surface area contributed by atoms with E-state index in [2.05, 4.69) is 25.9 Å². The van der Waals surface area contributed by atoms with Crippen LogP contribution in [0.25, 0.3) is 11.9 Å². The molecule has 0 unspecified atom stereocenters. The quantitative estimate of drug-likeness (QED) is 0.444. The number of hydrogen-bond donors (Lipinski definition) is 2. The summed E-state index contributed by atoms with van der Waals surface area (Å²) >= 11 is 6.08. The monoisotopic (exact) mass is 416 g/mol. The van der Waals surface area contributed by atoms with Gasteiger partial charge in [-0.25, -0.2) is 4.68 Å². The van der Waals surface area contributed by atoms with Crippen LogP contribution in [0.3, 0.4) is 0 Å². The normalized spacial score (nSPS) is 10.8. The second-order valence-corrected chi connectivity index (χ2v) is 6.68. The molecule has 0 fully saturated rings. The first kappa shape index (κ1) is 19.4. The Morgan fingerprint density at radius 3 is 2.43 bits per heavy atom. The molecule has 30 heavy (non-hydrogen) atoms. The van der Waals surface area contributed by atoms with Crippen molar-refractivity contribution in [3.8, 4) is 5.82 Å².